The third kappa shape index (κ3) is 3.10. The molecular formula is C10H10FN5S. The first-order valence-corrected chi connectivity index (χ1v) is 5.81. The molecule has 5 nitrogen and oxygen atoms in total. The molecule has 17 heavy (non-hydrogen) atoms. The second-order valence-electron chi connectivity index (χ2n) is 3.02. The summed E-state index contributed by atoms with van der Waals surface area (Å²) in [5.41, 5.74) is 0. The van der Waals surface area contributed by atoms with Crippen LogP contribution in [-0.2, 0) is 0 Å². The number of halogens is 1. The third-order valence-corrected chi connectivity index (χ3v) is 2.69. The molecule has 2 aromatic rings. The second-order valence-corrected chi connectivity index (χ2v) is 4.03. The highest BCUT2D eigenvalue weighted by molar-refractivity contribution is 7.99. The van der Waals surface area contributed by atoms with Crippen LogP contribution in [0.15, 0.2) is 34.8 Å². The lowest BCUT2D eigenvalue weighted by Crippen LogP contribution is -2.03. The molecule has 2 rings (SSSR count). The zero-order chi connectivity index (χ0) is 12.1. The summed E-state index contributed by atoms with van der Waals surface area (Å²) < 4.78 is 13.5. The van der Waals surface area contributed by atoms with Gasteiger partial charge in [-0.05, 0) is 18.7 Å². The summed E-state index contributed by atoms with van der Waals surface area (Å²) >= 11 is 1.11. The minimum atomic E-state index is -0.470. The van der Waals surface area contributed by atoms with E-state index in [1.54, 1.807) is 18.6 Å². The van der Waals surface area contributed by atoms with E-state index < -0.39 is 5.82 Å². The van der Waals surface area contributed by atoms with Crippen molar-refractivity contribution in [2.45, 2.75) is 17.0 Å². The number of rotatable bonds is 4. The van der Waals surface area contributed by atoms with E-state index in [1.807, 2.05) is 6.92 Å². The Labute approximate surface area is 102 Å². The number of aromatic nitrogens is 4. The van der Waals surface area contributed by atoms with Crippen LogP contribution in [0.5, 0.6) is 0 Å². The van der Waals surface area contributed by atoms with Crippen molar-refractivity contribution in [2.75, 3.05) is 11.9 Å². The fourth-order valence-corrected chi connectivity index (χ4v) is 1.81. The molecule has 0 radical (unpaired) electrons. The van der Waals surface area contributed by atoms with Crippen molar-refractivity contribution in [3.8, 4) is 0 Å². The lowest BCUT2D eigenvalue weighted by atomic mass is 10.6. The Morgan fingerprint density at radius 2 is 2.18 bits per heavy atom. The molecule has 0 spiro atoms. The zero-order valence-electron chi connectivity index (χ0n) is 9.09. The van der Waals surface area contributed by atoms with Crippen LogP contribution in [-0.4, -0.2) is 26.5 Å². The average Bonchev–Trinajstić information content (AvgIpc) is 2.35. The predicted molar refractivity (Wildman–Crippen MR) is 62.3 cm³/mol. The Kier molecular flexibility index (Phi) is 3.81. The molecule has 88 valence electrons. The van der Waals surface area contributed by atoms with Crippen molar-refractivity contribution in [2.24, 2.45) is 0 Å². The molecule has 0 aliphatic rings. The normalized spacial score (nSPS) is 10.2. The van der Waals surface area contributed by atoms with Gasteiger partial charge in [-0.15, -0.1) is 0 Å². The summed E-state index contributed by atoms with van der Waals surface area (Å²) in [6.45, 7) is 2.60. The SMILES string of the molecule is CCNc1ncc(F)c(Sc2cnccn2)n1. The summed E-state index contributed by atoms with van der Waals surface area (Å²) in [7, 11) is 0. The van der Waals surface area contributed by atoms with Crippen LogP contribution in [0.3, 0.4) is 0 Å². The monoisotopic (exact) mass is 251 g/mol. The van der Waals surface area contributed by atoms with E-state index in [0.29, 0.717) is 17.5 Å². The third-order valence-electron chi connectivity index (χ3n) is 1.79. The Balaban J connectivity index is 2.22. The van der Waals surface area contributed by atoms with Crippen molar-refractivity contribution in [1.29, 1.82) is 0 Å². The smallest absolute Gasteiger partial charge is 0.223 e. The summed E-state index contributed by atoms with van der Waals surface area (Å²) in [6, 6.07) is 0. The number of hydrogen-bond donors (Lipinski definition) is 1. The van der Waals surface area contributed by atoms with E-state index >= 15 is 0 Å². The maximum atomic E-state index is 13.5. The number of nitrogens with one attached hydrogen (secondary N) is 1. The van der Waals surface area contributed by atoms with E-state index in [0.717, 1.165) is 18.0 Å². The highest BCUT2D eigenvalue weighted by Crippen LogP contribution is 2.25. The minimum Gasteiger partial charge on any atom is -0.354 e. The Hall–Kier alpha value is -1.76. The lowest BCUT2D eigenvalue weighted by molar-refractivity contribution is 0.579. The largest absolute Gasteiger partial charge is 0.354 e. The molecule has 0 aliphatic carbocycles. The van der Waals surface area contributed by atoms with Gasteiger partial charge < -0.3 is 5.32 Å². The van der Waals surface area contributed by atoms with Crippen molar-refractivity contribution < 1.29 is 4.39 Å². The summed E-state index contributed by atoms with van der Waals surface area (Å²) in [4.78, 5) is 15.8. The van der Waals surface area contributed by atoms with E-state index in [9.17, 15) is 4.39 Å². The van der Waals surface area contributed by atoms with Gasteiger partial charge in [0.1, 0.15) is 10.1 Å². The van der Waals surface area contributed by atoms with Gasteiger partial charge in [0.15, 0.2) is 5.82 Å². The van der Waals surface area contributed by atoms with Gasteiger partial charge >= 0.3 is 0 Å². The van der Waals surface area contributed by atoms with Gasteiger partial charge in [0.25, 0.3) is 0 Å². The number of nitrogens with zero attached hydrogens (tertiary/aromatic N) is 4. The van der Waals surface area contributed by atoms with Gasteiger partial charge in [-0.1, -0.05) is 0 Å². The van der Waals surface area contributed by atoms with E-state index in [1.165, 1.54) is 0 Å². The average molecular weight is 251 g/mol. The lowest BCUT2D eigenvalue weighted by Gasteiger charge is -2.04. The minimum absolute atomic E-state index is 0.233. The van der Waals surface area contributed by atoms with Crippen molar-refractivity contribution in [3.05, 3.63) is 30.6 Å². The fourth-order valence-electron chi connectivity index (χ4n) is 1.10. The van der Waals surface area contributed by atoms with E-state index in [-0.39, 0.29) is 5.03 Å². The molecule has 0 amide bonds. The Morgan fingerprint density at radius 3 is 2.88 bits per heavy atom. The van der Waals surface area contributed by atoms with Gasteiger partial charge in [-0.25, -0.2) is 19.3 Å². The van der Waals surface area contributed by atoms with Crippen LogP contribution >= 0.6 is 11.8 Å². The molecule has 0 fully saturated rings. The molecule has 7 heteroatoms. The Bertz CT molecular complexity index is 493. The standard InChI is InChI=1S/C10H10FN5S/c1-2-13-10-15-5-7(11)9(16-10)17-8-6-12-3-4-14-8/h3-6H,2H2,1H3,(H,13,15,16). The molecule has 1 N–H and O–H groups in total. The summed E-state index contributed by atoms with van der Waals surface area (Å²) in [5.74, 6) is -0.0670. The van der Waals surface area contributed by atoms with Gasteiger partial charge in [-0.3, -0.25) is 4.98 Å². The van der Waals surface area contributed by atoms with Crippen LogP contribution in [0.25, 0.3) is 0 Å². The molecule has 0 aromatic carbocycles. The van der Waals surface area contributed by atoms with E-state index in [4.69, 9.17) is 0 Å². The van der Waals surface area contributed by atoms with Crippen molar-refractivity contribution >= 4 is 17.7 Å². The maximum absolute atomic E-state index is 13.5. The van der Waals surface area contributed by atoms with Crippen molar-refractivity contribution in [1.82, 2.24) is 19.9 Å². The first-order valence-electron chi connectivity index (χ1n) is 5.00. The number of hydrogen-bond acceptors (Lipinski definition) is 6. The zero-order valence-corrected chi connectivity index (χ0v) is 9.91. The molecule has 0 saturated carbocycles. The van der Waals surface area contributed by atoms with Gasteiger partial charge in [0.2, 0.25) is 5.95 Å². The molecule has 0 saturated heterocycles. The predicted octanol–water partition coefficient (Wildman–Crippen LogP) is 1.99. The quantitative estimate of drug-likeness (QED) is 0.838. The first-order chi connectivity index (χ1) is 8.29. The maximum Gasteiger partial charge on any atom is 0.223 e. The van der Waals surface area contributed by atoms with Crippen LogP contribution in [0.1, 0.15) is 6.92 Å². The molecular weight excluding hydrogens is 241 g/mol. The summed E-state index contributed by atoms with van der Waals surface area (Å²) in [5, 5.41) is 3.75. The molecule has 0 unspecified atom stereocenters. The highest BCUT2D eigenvalue weighted by atomic mass is 32.2. The molecule has 0 aliphatic heterocycles. The summed E-state index contributed by atoms with van der Waals surface area (Å²) in [6.07, 6.45) is 5.81. The Morgan fingerprint density at radius 1 is 1.29 bits per heavy atom. The molecule has 0 atom stereocenters. The van der Waals surface area contributed by atoms with Gasteiger partial charge in [-0.2, -0.15) is 0 Å². The second kappa shape index (κ2) is 5.53. The fraction of sp³-hybridized carbons (Fsp3) is 0.200. The molecule has 2 heterocycles. The molecule has 2 aromatic heterocycles. The number of anilines is 1. The van der Waals surface area contributed by atoms with E-state index in [2.05, 4.69) is 25.3 Å². The van der Waals surface area contributed by atoms with Crippen molar-refractivity contribution in [3.63, 3.8) is 0 Å². The van der Waals surface area contributed by atoms with Crippen LogP contribution < -0.4 is 5.32 Å². The van der Waals surface area contributed by atoms with Crippen LogP contribution in [0.4, 0.5) is 10.3 Å². The molecule has 0 bridgehead atoms. The van der Waals surface area contributed by atoms with Crippen LogP contribution in [0, 0.1) is 5.82 Å². The highest BCUT2D eigenvalue weighted by Gasteiger charge is 2.09. The topological polar surface area (TPSA) is 63.6 Å². The van der Waals surface area contributed by atoms with Gasteiger partial charge in [0.05, 0.1) is 12.4 Å². The first kappa shape index (κ1) is 11.7. The van der Waals surface area contributed by atoms with Crippen LogP contribution in [0.2, 0.25) is 0 Å². The van der Waals surface area contributed by atoms with Gasteiger partial charge in [0, 0.05) is 18.9 Å².